The first kappa shape index (κ1) is 19.4. The van der Waals surface area contributed by atoms with Crippen LogP contribution in [0.2, 0.25) is 0 Å². The highest BCUT2D eigenvalue weighted by molar-refractivity contribution is 5.93. The summed E-state index contributed by atoms with van der Waals surface area (Å²) in [7, 11) is 3.28. The van der Waals surface area contributed by atoms with Crippen LogP contribution in [0.5, 0.6) is 5.75 Å². The van der Waals surface area contributed by atoms with Gasteiger partial charge in [0.1, 0.15) is 17.2 Å². The minimum atomic E-state index is -0.538. The molecule has 0 atom stereocenters. The molecule has 3 heterocycles. The van der Waals surface area contributed by atoms with Gasteiger partial charge in [0, 0.05) is 42.5 Å². The highest BCUT2D eigenvalue weighted by Gasteiger charge is 2.17. The van der Waals surface area contributed by atoms with E-state index in [9.17, 15) is 9.59 Å². The highest BCUT2D eigenvalue weighted by atomic mass is 16.5. The van der Waals surface area contributed by atoms with Crippen molar-refractivity contribution in [3.05, 3.63) is 70.3 Å². The van der Waals surface area contributed by atoms with Crippen molar-refractivity contribution in [3.8, 4) is 17.0 Å². The SMILES string of the molecule is COc1ccc2c(C)c(CC(=O)Nc3cc(-c4cccnc4)nn3C)c(=O)oc2c1. The lowest BCUT2D eigenvalue weighted by Gasteiger charge is -2.09. The summed E-state index contributed by atoms with van der Waals surface area (Å²) >= 11 is 0. The fourth-order valence-electron chi connectivity index (χ4n) is 3.29. The predicted molar refractivity (Wildman–Crippen MR) is 113 cm³/mol. The summed E-state index contributed by atoms with van der Waals surface area (Å²) in [4.78, 5) is 29.2. The van der Waals surface area contributed by atoms with E-state index in [1.807, 2.05) is 18.2 Å². The van der Waals surface area contributed by atoms with Gasteiger partial charge in [0.05, 0.1) is 24.8 Å². The molecule has 0 saturated heterocycles. The summed E-state index contributed by atoms with van der Waals surface area (Å²) in [5.74, 6) is 0.779. The van der Waals surface area contributed by atoms with Crippen molar-refractivity contribution in [2.24, 2.45) is 7.05 Å². The Balaban J connectivity index is 1.58. The van der Waals surface area contributed by atoms with Gasteiger partial charge < -0.3 is 14.5 Å². The molecule has 0 aliphatic heterocycles. The first-order chi connectivity index (χ1) is 14.5. The second-order valence-corrected chi connectivity index (χ2v) is 6.86. The maximum Gasteiger partial charge on any atom is 0.340 e. The lowest BCUT2D eigenvalue weighted by molar-refractivity contribution is -0.115. The molecular formula is C22H20N4O4. The molecule has 0 radical (unpaired) electrons. The van der Waals surface area contributed by atoms with Crippen LogP contribution in [0.3, 0.4) is 0 Å². The van der Waals surface area contributed by atoms with Crippen molar-refractivity contribution in [2.75, 3.05) is 12.4 Å². The molecule has 30 heavy (non-hydrogen) atoms. The van der Waals surface area contributed by atoms with Gasteiger partial charge in [-0.3, -0.25) is 14.5 Å². The largest absolute Gasteiger partial charge is 0.497 e. The molecule has 0 aliphatic carbocycles. The van der Waals surface area contributed by atoms with Crippen LogP contribution in [0.25, 0.3) is 22.2 Å². The maximum atomic E-state index is 12.7. The Morgan fingerprint density at radius 2 is 2.10 bits per heavy atom. The summed E-state index contributed by atoms with van der Waals surface area (Å²) in [6.07, 6.45) is 3.28. The van der Waals surface area contributed by atoms with E-state index in [0.29, 0.717) is 34.0 Å². The van der Waals surface area contributed by atoms with Gasteiger partial charge >= 0.3 is 5.63 Å². The predicted octanol–water partition coefficient (Wildman–Crippen LogP) is 3.09. The number of benzene rings is 1. The van der Waals surface area contributed by atoms with Gasteiger partial charge in [0.15, 0.2) is 0 Å². The zero-order valence-corrected chi connectivity index (χ0v) is 16.8. The maximum absolute atomic E-state index is 12.7. The number of nitrogens with one attached hydrogen (secondary N) is 1. The number of ether oxygens (including phenoxy) is 1. The average Bonchev–Trinajstić information content (AvgIpc) is 3.11. The van der Waals surface area contributed by atoms with E-state index in [4.69, 9.17) is 9.15 Å². The highest BCUT2D eigenvalue weighted by Crippen LogP contribution is 2.25. The number of anilines is 1. The summed E-state index contributed by atoms with van der Waals surface area (Å²) in [6.45, 7) is 1.80. The first-order valence-corrected chi connectivity index (χ1v) is 9.31. The fourth-order valence-corrected chi connectivity index (χ4v) is 3.29. The Morgan fingerprint density at radius 1 is 1.27 bits per heavy atom. The molecule has 8 nitrogen and oxygen atoms in total. The molecule has 3 aromatic heterocycles. The van der Waals surface area contributed by atoms with Crippen LogP contribution >= 0.6 is 0 Å². The number of nitrogens with zero attached hydrogens (tertiary/aromatic N) is 3. The number of pyridine rings is 1. The van der Waals surface area contributed by atoms with Crippen molar-refractivity contribution in [2.45, 2.75) is 13.3 Å². The summed E-state index contributed by atoms with van der Waals surface area (Å²) < 4.78 is 12.2. The lowest BCUT2D eigenvalue weighted by Crippen LogP contribution is -2.21. The van der Waals surface area contributed by atoms with Gasteiger partial charge in [-0.25, -0.2) is 4.79 Å². The van der Waals surface area contributed by atoms with Crippen LogP contribution in [-0.2, 0) is 18.3 Å². The van der Waals surface area contributed by atoms with Crippen molar-refractivity contribution < 1.29 is 13.9 Å². The van der Waals surface area contributed by atoms with Gasteiger partial charge in [0.25, 0.3) is 0 Å². The topological polar surface area (TPSA) is 99.2 Å². The van der Waals surface area contributed by atoms with E-state index in [1.54, 1.807) is 56.4 Å². The standard InChI is InChI=1S/C22H20N4O4/c1-13-16-7-6-15(29-3)9-19(16)30-22(28)17(13)10-21(27)24-20-11-18(25-26(20)2)14-5-4-8-23-12-14/h4-9,11-12H,10H2,1-3H3,(H,24,27). The normalized spacial score (nSPS) is 10.9. The molecule has 0 unspecified atom stereocenters. The number of hydrogen-bond acceptors (Lipinski definition) is 6. The second-order valence-electron chi connectivity index (χ2n) is 6.86. The molecule has 4 aromatic rings. The molecule has 8 heteroatoms. The Labute approximate surface area is 172 Å². The van der Waals surface area contributed by atoms with E-state index in [2.05, 4.69) is 15.4 Å². The van der Waals surface area contributed by atoms with E-state index in [0.717, 1.165) is 10.9 Å². The molecule has 0 bridgehead atoms. The Bertz CT molecular complexity index is 1290. The number of aromatic nitrogens is 3. The molecule has 0 saturated carbocycles. The Hall–Kier alpha value is -3.94. The third-order valence-corrected chi connectivity index (χ3v) is 4.94. The zero-order valence-electron chi connectivity index (χ0n) is 16.8. The van der Waals surface area contributed by atoms with Crippen molar-refractivity contribution >= 4 is 22.7 Å². The smallest absolute Gasteiger partial charge is 0.340 e. The number of amides is 1. The molecule has 152 valence electrons. The molecule has 1 amide bonds. The van der Waals surface area contributed by atoms with E-state index >= 15 is 0 Å². The van der Waals surface area contributed by atoms with Crippen molar-refractivity contribution in [1.29, 1.82) is 0 Å². The number of fused-ring (bicyclic) bond motifs is 1. The third-order valence-electron chi connectivity index (χ3n) is 4.94. The monoisotopic (exact) mass is 404 g/mol. The lowest BCUT2D eigenvalue weighted by atomic mass is 10.0. The minimum Gasteiger partial charge on any atom is -0.497 e. The summed E-state index contributed by atoms with van der Waals surface area (Å²) in [5, 5.41) is 7.97. The van der Waals surface area contributed by atoms with Gasteiger partial charge in [-0.1, -0.05) is 0 Å². The van der Waals surface area contributed by atoms with Gasteiger partial charge in [-0.2, -0.15) is 5.10 Å². The van der Waals surface area contributed by atoms with E-state index in [1.165, 1.54) is 0 Å². The fraction of sp³-hybridized carbons (Fsp3) is 0.182. The molecule has 1 aromatic carbocycles. The molecule has 4 rings (SSSR count). The third kappa shape index (κ3) is 3.67. The number of aryl methyl sites for hydroxylation is 2. The minimum absolute atomic E-state index is 0.108. The van der Waals surface area contributed by atoms with Crippen LogP contribution in [0.15, 0.2) is 58.0 Å². The molecule has 1 N–H and O–H groups in total. The first-order valence-electron chi connectivity index (χ1n) is 9.31. The van der Waals surface area contributed by atoms with Crippen LogP contribution in [-0.4, -0.2) is 27.8 Å². The van der Waals surface area contributed by atoms with E-state index in [-0.39, 0.29) is 12.3 Å². The molecule has 0 fully saturated rings. The summed E-state index contributed by atoms with van der Waals surface area (Å²) in [6, 6.07) is 10.7. The Kier molecular flexibility index (Phi) is 5.05. The second kappa shape index (κ2) is 7.82. The van der Waals surface area contributed by atoms with Crippen LogP contribution in [0.1, 0.15) is 11.1 Å². The number of methoxy groups -OCH3 is 1. The van der Waals surface area contributed by atoms with Crippen molar-refractivity contribution in [3.63, 3.8) is 0 Å². The number of rotatable bonds is 5. The molecule has 0 spiro atoms. The van der Waals surface area contributed by atoms with Crippen molar-refractivity contribution in [1.82, 2.24) is 14.8 Å². The zero-order chi connectivity index (χ0) is 21.3. The quantitative estimate of drug-likeness (QED) is 0.513. The van der Waals surface area contributed by atoms with Crippen LogP contribution < -0.4 is 15.7 Å². The molecule has 0 aliphatic rings. The van der Waals surface area contributed by atoms with Gasteiger partial charge in [-0.15, -0.1) is 0 Å². The van der Waals surface area contributed by atoms with Gasteiger partial charge in [-0.05, 0) is 36.8 Å². The average molecular weight is 404 g/mol. The number of carbonyl (C=O) groups excluding carboxylic acids is 1. The summed E-state index contributed by atoms with van der Waals surface area (Å²) in [5.41, 5.74) is 2.45. The van der Waals surface area contributed by atoms with Gasteiger partial charge in [0.2, 0.25) is 5.91 Å². The molecular weight excluding hydrogens is 384 g/mol. The van der Waals surface area contributed by atoms with Crippen LogP contribution in [0, 0.1) is 6.92 Å². The Morgan fingerprint density at radius 3 is 2.83 bits per heavy atom. The number of hydrogen-bond donors (Lipinski definition) is 1. The van der Waals surface area contributed by atoms with E-state index < -0.39 is 5.63 Å². The number of carbonyl (C=O) groups is 1. The van der Waals surface area contributed by atoms with Crippen LogP contribution in [0.4, 0.5) is 5.82 Å².